The van der Waals surface area contributed by atoms with Gasteiger partial charge in [0.15, 0.2) is 5.96 Å². The third-order valence-electron chi connectivity index (χ3n) is 4.86. The molecule has 0 aliphatic carbocycles. The maximum absolute atomic E-state index is 4.78. The number of aryl methyl sites for hydroxylation is 2. The van der Waals surface area contributed by atoms with Gasteiger partial charge in [0, 0.05) is 49.2 Å². The summed E-state index contributed by atoms with van der Waals surface area (Å²) in [5.74, 6) is 0.918. The molecule has 1 aromatic heterocycles. The minimum Gasteiger partial charge on any atom is -0.369 e. The Kier molecular flexibility index (Phi) is 9.50. The van der Waals surface area contributed by atoms with Crippen molar-refractivity contribution >= 4 is 47.0 Å². The van der Waals surface area contributed by atoms with Gasteiger partial charge in [0.1, 0.15) is 0 Å². The van der Waals surface area contributed by atoms with Crippen molar-refractivity contribution < 1.29 is 0 Å². The number of nitrogens with zero attached hydrogens (tertiary/aromatic N) is 3. The van der Waals surface area contributed by atoms with Gasteiger partial charge in [-0.05, 0) is 38.8 Å². The molecule has 1 aliphatic rings. The molecule has 0 bridgehead atoms. The molecular weight excluding hydrogens is 481 g/mol. The first-order chi connectivity index (χ1) is 13.2. The van der Waals surface area contributed by atoms with Crippen molar-refractivity contribution in [2.75, 3.05) is 31.1 Å². The number of hydrogen-bond acceptors (Lipinski definition) is 4. The monoisotopic (exact) mass is 513 g/mol. The first-order valence-electron chi connectivity index (χ1n) is 9.99. The highest BCUT2D eigenvalue weighted by atomic mass is 127. The molecule has 1 aromatic carbocycles. The summed E-state index contributed by atoms with van der Waals surface area (Å²) >= 11 is 1.81. The lowest BCUT2D eigenvalue weighted by molar-refractivity contribution is 0.649. The fraction of sp³-hybridized carbons (Fsp3) is 0.524. The molecule has 5 nitrogen and oxygen atoms in total. The number of hydrogen-bond donors (Lipinski definition) is 2. The molecule has 0 saturated carbocycles. The van der Waals surface area contributed by atoms with Crippen molar-refractivity contribution in [3.63, 3.8) is 0 Å². The molecule has 1 unspecified atom stereocenters. The molecule has 1 atom stereocenters. The predicted molar refractivity (Wildman–Crippen MR) is 132 cm³/mol. The molecule has 2 heterocycles. The summed E-state index contributed by atoms with van der Waals surface area (Å²) in [5.41, 5.74) is 2.53. The van der Waals surface area contributed by atoms with Gasteiger partial charge in [-0.2, -0.15) is 0 Å². The van der Waals surface area contributed by atoms with Gasteiger partial charge in [0.05, 0.1) is 10.7 Å². The van der Waals surface area contributed by atoms with Crippen LogP contribution in [0.4, 0.5) is 5.69 Å². The number of anilines is 1. The van der Waals surface area contributed by atoms with E-state index in [1.165, 1.54) is 21.3 Å². The third kappa shape index (κ3) is 6.34. The zero-order valence-corrected chi connectivity index (χ0v) is 20.2. The van der Waals surface area contributed by atoms with E-state index in [2.05, 4.69) is 66.6 Å². The van der Waals surface area contributed by atoms with Gasteiger partial charge in [0.25, 0.3) is 0 Å². The number of thiazole rings is 1. The first kappa shape index (κ1) is 22.9. The largest absolute Gasteiger partial charge is 0.369 e. The van der Waals surface area contributed by atoms with Gasteiger partial charge in [-0.1, -0.05) is 25.1 Å². The second kappa shape index (κ2) is 11.6. The summed E-state index contributed by atoms with van der Waals surface area (Å²) in [6, 6.07) is 11.1. The van der Waals surface area contributed by atoms with Crippen LogP contribution in [0.15, 0.2) is 35.3 Å². The number of aliphatic imine (C=N–C) groups is 1. The summed E-state index contributed by atoms with van der Waals surface area (Å²) in [5, 5.41) is 8.19. The summed E-state index contributed by atoms with van der Waals surface area (Å²) in [7, 11) is 0. The van der Waals surface area contributed by atoms with E-state index in [0.29, 0.717) is 6.04 Å². The van der Waals surface area contributed by atoms with Crippen LogP contribution in [0.2, 0.25) is 0 Å². The van der Waals surface area contributed by atoms with E-state index in [1.807, 2.05) is 0 Å². The zero-order chi connectivity index (χ0) is 19.1. The van der Waals surface area contributed by atoms with E-state index in [9.17, 15) is 0 Å². The van der Waals surface area contributed by atoms with Crippen LogP contribution in [0.25, 0.3) is 0 Å². The smallest absolute Gasteiger partial charge is 0.191 e. The number of guanidine groups is 1. The van der Waals surface area contributed by atoms with E-state index in [0.717, 1.165) is 51.4 Å². The van der Waals surface area contributed by atoms with Gasteiger partial charge in [-0.15, -0.1) is 35.3 Å². The molecule has 0 radical (unpaired) electrons. The van der Waals surface area contributed by atoms with E-state index in [4.69, 9.17) is 9.98 Å². The standard InChI is InChI=1S/C21H31N5S.HI/c1-4-19-16(3)27-20(25-19)11-13-23-21(22-5-2)24-17-12-14-26(15-17)18-9-7-6-8-10-18;/h6-10,17H,4-5,11-15H2,1-3H3,(H2,22,23,24);1H. The average Bonchev–Trinajstić information content (AvgIpc) is 3.29. The second-order valence-electron chi connectivity index (χ2n) is 6.89. The molecule has 0 amide bonds. The van der Waals surface area contributed by atoms with Crippen LogP contribution in [-0.4, -0.2) is 43.2 Å². The highest BCUT2D eigenvalue weighted by Crippen LogP contribution is 2.20. The van der Waals surface area contributed by atoms with Crippen LogP contribution < -0.4 is 15.5 Å². The summed E-state index contributed by atoms with van der Waals surface area (Å²) in [4.78, 5) is 13.3. The lowest BCUT2D eigenvalue weighted by atomic mass is 10.3. The van der Waals surface area contributed by atoms with Crippen LogP contribution in [-0.2, 0) is 12.8 Å². The van der Waals surface area contributed by atoms with Crippen molar-refractivity contribution in [3.8, 4) is 0 Å². The Morgan fingerprint density at radius 3 is 2.75 bits per heavy atom. The molecular formula is C21H32IN5S. The van der Waals surface area contributed by atoms with Crippen molar-refractivity contribution in [2.45, 2.75) is 46.1 Å². The normalized spacial score (nSPS) is 16.8. The molecule has 28 heavy (non-hydrogen) atoms. The predicted octanol–water partition coefficient (Wildman–Crippen LogP) is 4.01. The van der Waals surface area contributed by atoms with Gasteiger partial charge < -0.3 is 15.5 Å². The molecule has 1 aliphatic heterocycles. The van der Waals surface area contributed by atoms with Gasteiger partial charge >= 0.3 is 0 Å². The Morgan fingerprint density at radius 2 is 2.07 bits per heavy atom. The molecule has 2 N–H and O–H groups in total. The van der Waals surface area contributed by atoms with Crippen LogP contribution in [0.1, 0.15) is 35.8 Å². The van der Waals surface area contributed by atoms with Crippen LogP contribution in [0, 0.1) is 6.92 Å². The fourth-order valence-corrected chi connectivity index (χ4v) is 4.46. The molecule has 1 fully saturated rings. The third-order valence-corrected chi connectivity index (χ3v) is 5.93. The molecule has 7 heteroatoms. The zero-order valence-electron chi connectivity index (χ0n) is 17.1. The lowest BCUT2D eigenvalue weighted by Crippen LogP contribution is -2.44. The van der Waals surface area contributed by atoms with Crippen molar-refractivity contribution in [1.82, 2.24) is 15.6 Å². The Labute approximate surface area is 190 Å². The average molecular weight is 513 g/mol. The second-order valence-corrected chi connectivity index (χ2v) is 8.17. The highest BCUT2D eigenvalue weighted by Gasteiger charge is 2.23. The Morgan fingerprint density at radius 1 is 1.29 bits per heavy atom. The van der Waals surface area contributed by atoms with E-state index < -0.39 is 0 Å². The molecule has 0 spiro atoms. The SMILES string of the molecule is CCNC(=NCCc1nc(CC)c(C)s1)NC1CCN(c2ccccc2)C1.I. The summed E-state index contributed by atoms with van der Waals surface area (Å²) in [6.45, 7) is 10.2. The number of rotatable bonds is 7. The molecule has 2 aromatic rings. The number of benzene rings is 1. The quantitative estimate of drug-likeness (QED) is 0.334. The molecule has 1 saturated heterocycles. The van der Waals surface area contributed by atoms with Crippen LogP contribution in [0.3, 0.4) is 0 Å². The van der Waals surface area contributed by atoms with E-state index in [-0.39, 0.29) is 24.0 Å². The topological polar surface area (TPSA) is 52.6 Å². The van der Waals surface area contributed by atoms with Crippen molar-refractivity contribution in [3.05, 3.63) is 45.9 Å². The van der Waals surface area contributed by atoms with Crippen molar-refractivity contribution in [2.24, 2.45) is 4.99 Å². The fourth-order valence-electron chi connectivity index (χ4n) is 3.45. The minimum atomic E-state index is 0. The maximum Gasteiger partial charge on any atom is 0.191 e. The molecule has 3 rings (SSSR count). The lowest BCUT2D eigenvalue weighted by Gasteiger charge is -2.20. The van der Waals surface area contributed by atoms with Crippen molar-refractivity contribution in [1.29, 1.82) is 0 Å². The minimum absolute atomic E-state index is 0. The van der Waals surface area contributed by atoms with Gasteiger partial charge in [-0.25, -0.2) is 4.98 Å². The van der Waals surface area contributed by atoms with Gasteiger partial charge in [0.2, 0.25) is 0 Å². The Balaban J connectivity index is 0.00000280. The van der Waals surface area contributed by atoms with Crippen LogP contribution >= 0.6 is 35.3 Å². The van der Waals surface area contributed by atoms with Gasteiger partial charge in [-0.3, -0.25) is 4.99 Å². The summed E-state index contributed by atoms with van der Waals surface area (Å²) < 4.78 is 0. The number of nitrogens with one attached hydrogen (secondary N) is 2. The maximum atomic E-state index is 4.78. The Hall–Kier alpha value is -1.35. The summed E-state index contributed by atoms with van der Waals surface area (Å²) in [6.07, 6.45) is 3.04. The van der Waals surface area contributed by atoms with E-state index >= 15 is 0 Å². The molecule has 154 valence electrons. The Bertz CT molecular complexity index is 747. The number of halogens is 1. The van der Waals surface area contributed by atoms with Crippen LogP contribution in [0.5, 0.6) is 0 Å². The number of para-hydroxylation sites is 1. The first-order valence-corrected chi connectivity index (χ1v) is 10.8. The highest BCUT2D eigenvalue weighted by molar-refractivity contribution is 14.0. The number of aromatic nitrogens is 1. The van der Waals surface area contributed by atoms with E-state index in [1.54, 1.807) is 11.3 Å².